The number of Topliss-reactive ketones (excluding diaryl/α,β-unsaturated/α-hetero) is 1. The molecule has 1 aliphatic carbocycles. The van der Waals surface area contributed by atoms with E-state index in [1.807, 2.05) is 12.1 Å². The maximum absolute atomic E-state index is 14.0. The van der Waals surface area contributed by atoms with E-state index in [1.165, 1.54) is 51.7 Å². The molecule has 0 N–H and O–H groups in total. The van der Waals surface area contributed by atoms with Crippen molar-refractivity contribution in [3.8, 4) is 17.2 Å². The molecule has 0 saturated heterocycles. The molecule has 2 aliphatic rings. The summed E-state index contributed by atoms with van der Waals surface area (Å²) in [5, 5.41) is 0. The van der Waals surface area contributed by atoms with E-state index >= 15 is 0 Å². The summed E-state index contributed by atoms with van der Waals surface area (Å²) in [7, 11) is 0. The molecule has 1 heterocycles. The second-order valence-corrected chi connectivity index (χ2v) is 14.6. The van der Waals surface area contributed by atoms with Crippen LogP contribution in [0.1, 0.15) is 132 Å². The molecule has 12 nitrogen and oxygen atoms in total. The van der Waals surface area contributed by atoms with Gasteiger partial charge in [-0.3, -0.25) is 24.0 Å². The van der Waals surface area contributed by atoms with Gasteiger partial charge in [-0.2, -0.15) is 0 Å². The molecule has 2 atom stereocenters. The van der Waals surface area contributed by atoms with Gasteiger partial charge in [-0.15, -0.1) is 0 Å². The molecule has 0 saturated carbocycles. The Morgan fingerprint density at radius 2 is 1.35 bits per heavy atom. The zero-order chi connectivity index (χ0) is 39.8. The van der Waals surface area contributed by atoms with Crippen LogP contribution in [0, 0.1) is 0 Å². The van der Waals surface area contributed by atoms with Crippen LogP contribution in [-0.4, -0.2) is 73.9 Å². The van der Waals surface area contributed by atoms with Crippen LogP contribution >= 0.6 is 0 Å². The van der Waals surface area contributed by atoms with Crippen LogP contribution in [0.2, 0.25) is 0 Å². The Morgan fingerprint density at radius 3 is 1.93 bits per heavy atom. The molecular weight excluding hydrogens is 708 g/mol. The predicted octanol–water partition coefficient (Wildman–Crippen LogP) is 7.40. The summed E-state index contributed by atoms with van der Waals surface area (Å²) < 4.78 is 40.7. The first-order valence-corrected chi connectivity index (χ1v) is 19.7. The Labute approximate surface area is 324 Å². The van der Waals surface area contributed by atoms with Gasteiger partial charge in [-0.1, -0.05) is 25.5 Å². The van der Waals surface area contributed by atoms with Crippen LogP contribution in [-0.2, 0) is 57.4 Å². The highest BCUT2D eigenvalue weighted by Crippen LogP contribution is 2.44. The number of fused-ring (bicyclic) bond motifs is 2. The number of hydrogen-bond donors (Lipinski definition) is 0. The zero-order valence-electron chi connectivity index (χ0n) is 33.2. The van der Waals surface area contributed by atoms with Crippen molar-refractivity contribution in [2.45, 2.75) is 142 Å². The molecule has 2 unspecified atom stereocenters. The summed E-state index contributed by atoms with van der Waals surface area (Å²) in [5.41, 5.74) is 3.08. The molecule has 0 fully saturated rings. The minimum Gasteiger partial charge on any atom is -0.493 e. The first-order valence-electron chi connectivity index (χ1n) is 19.7. The van der Waals surface area contributed by atoms with Crippen molar-refractivity contribution in [1.82, 2.24) is 0 Å². The van der Waals surface area contributed by atoms with Crippen molar-refractivity contribution in [3.63, 3.8) is 0 Å². The largest absolute Gasteiger partial charge is 0.493 e. The van der Waals surface area contributed by atoms with E-state index < -0.39 is 41.7 Å². The third-order valence-electron chi connectivity index (χ3n) is 9.90. The first kappa shape index (κ1) is 43.1. The Balaban J connectivity index is 1.51. The molecular formula is C43H58O12. The SMILES string of the molecule is CCCc1c(OCCCOc2cccc3c2CCCC3)ccc2c1OC(CCCC(COC(C)=O)OC(C)=O)(CCCC(COC(C)=O)OC(C)=O)CC2=O. The van der Waals surface area contributed by atoms with Gasteiger partial charge in [0.25, 0.3) is 0 Å². The average Bonchev–Trinajstić information content (AvgIpc) is 3.13. The van der Waals surface area contributed by atoms with Crippen LogP contribution in [0.3, 0.4) is 0 Å². The lowest BCUT2D eigenvalue weighted by Crippen LogP contribution is -2.43. The molecule has 12 heteroatoms. The number of benzene rings is 2. The van der Waals surface area contributed by atoms with Crippen molar-refractivity contribution in [3.05, 3.63) is 52.6 Å². The second-order valence-electron chi connectivity index (χ2n) is 14.6. The number of carbonyl (C=O) groups excluding carboxylic acids is 5. The molecule has 2 aromatic rings. The maximum Gasteiger partial charge on any atom is 0.303 e. The highest BCUT2D eigenvalue weighted by Gasteiger charge is 2.42. The first-order chi connectivity index (χ1) is 26.4. The molecule has 0 amide bonds. The van der Waals surface area contributed by atoms with Crippen molar-refractivity contribution >= 4 is 29.7 Å². The fourth-order valence-corrected chi connectivity index (χ4v) is 7.46. The fourth-order valence-electron chi connectivity index (χ4n) is 7.46. The fraction of sp³-hybridized carbons (Fsp3) is 0.605. The Hall–Kier alpha value is -4.61. The summed E-state index contributed by atoms with van der Waals surface area (Å²) in [4.78, 5) is 60.6. The summed E-state index contributed by atoms with van der Waals surface area (Å²) in [5.74, 6) is 0.129. The predicted molar refractivity (Wildman–Crippen MR) is 204 cm³/mol. The smallest absolute Gasteiger partial charge is 0.303 e. The lowest BCUT2D eigenvalue weighted by molar-refractivity contribution is -0.157. The Morgan fingerprint density at radius 1 is 0.745 bits per heavy atom. The minimum atomic E-state index is -0.946. The molecule has 2 aromatic carbocycles. The molecule has 0 radical (unpaired) electrons. The van der Waals surface area contributed by atoms with E-state index in [0.717, 1.165) is 30.6 Å². The van der Waals surface area contributed by atoms with Gasteiger partial charge in [0.2, 0.25) is 0 Å². The highest BCUT2D eigenvalue weighted by atomic mass is 16.6. The summed E-state index contributed by atoms with van der Waals surface area (Å²) in [6, 6.07) is 9.91. The minimum absolute atomic E-state index is 0.0577. The monoisotopic (exact) mass is 766 g/mol. The molecule has 0 spiro atoms. The molecule has 55 heavy (non-hydrogen) atoms. The van der Waals surface area contributed by atoms with Gasteiger partial charge in [0.15, 0.2) is 5.78 Å². The van der Waals surface area contributed by atoms with Gasteiger partial charge in [-0.05, 0) is 100.0 Å². The number of ketones is 1. The van der Waals surface area contributed by atoms with E-state index in [4.69, 9.17) is 33.2 Å². The van der Waals surface area contributed by atoms with E-state index in [0.29, 0.717) is 81.6 Å². The highest BCUT2D eigenvalue weighted by molar-refractivity contribution is 6.01. The number of carbonyl (C=O) groups is 5. The third kappa shape index (κ3) is 13.6. The van der Waals surface area contributed by atoms with Gasteiger partial charge in [-0.25, -0.2) is 0 Å². The van der Waals surface area contributed by atoms with Crippen molar-refractivity contribution in [2.24, 2.45) is 0 Å². The Bertz CT molecular complexity index is 1590. The summed E-state index contributed by atoms with van der Waals surface area (Å²) in [6.45, 7) is 8.02. The topological polar surface area (TPSA) is 150 Å². The van der Waals surface area contributed by atoms with Crippen molar-refractivity contribution in [2.75, 3.05) is 26.4 Å². The maximum atomic E-state index is 14.0. The normalized spacial score (nSPS) is 17.1. The van der Waals surface area contributed by atoms with E-state index in [-0.39, 0.29) is 25.4 Å². The van der Waals surface area contributed by atoms with Gasteiger partial charge in [0, 0.05) is 39.7 Å². The quantitative estimate of drug-likeness (QED) is 0.0668. The molecule has 0 bridgehead atoms. The Kier molecular flexibility index (Phi) is 16.8. The second kappa shape index (κ2) is 21.5. The van der Waals surface area contributed by atoms with E-state index in [1.54, 1.807) is 6.07 Å². The standard InChI is InChI=1S/C43H58O12/c1-6-13-38-41(50-25-12-24-49-40-19-9-15-33-14-7-8-18-36(33)40)21-20-37-39(48)26-43(55-42(37)38,22-10-16-34(53-31(4)46)27-51-29(2)44)23-11-17-35(54-32(5)47)28-52-30(3)45/h9,15,19-21,34-35H,6-8,10-14,16-18,22-28H2,1-5H3. The van der Waals surface area contributed by atoms with E-state index in [2.05, 4.69) is 19.1 Å². The molecule has 0 aromatic heterocycles. The average molecular weight is 767 g/mol. The van der Waals surface area contributed by atoms with Gasteiger partial charge in [0.05, 0.1) is 25.2 Å². The van der Waals surface area contributed by atoms with Crippen LogP contribution in [0.25, 0.3) is 0 Å². The lowest BCUT2D eigenvalue weighted by Gasteiger charge is -2.40. The van der Waals surface area contributed by atoms with Crippen LogP contribution < -0.4 is 14.2 Å². The van der Waals surface area contributed by atoms with Gasteiger partial charge < -0.3 is 33.2 Å². The van der Waals surface area contributed by atoms with Crippen molar-refractivity contribution < 1.29 is 57.1 Å². The zero-order valence-corrected chi connectivity index (χ0v) is 33.2. The number of aryl methyl sites for hydroxylation is 1. The third-order valence-corrected chi connectivity index (χ3v) is 9.90. The van der Waals surface area contributed by atoms with Crippen LogP contribution in [0.4, 0.5) is 0 Å². The van der Waals surface area contributed by atoms with Gasteiger partial charge in [0.1, 0.15) is 48.3 Å². The number of esters is 4. The molecule has 1 aliphatic heterocycles. The van der Waals surface area contributed by atoms with Gasteiger partial charge >= 0.3 is 23.9 Å². The number of rotatable bonds is 22. The molecule has 302 valence electrons. The van der Waals surface area contributed by atoms with E-state index in [9.17, 15) is 24.0 Å². The van der Waals surface area contributed by atoms with Crippen LogP contribution in [0.15, 0.2) is 30.3 Å². The number of ether oxygens (including phenoxy) is 7. The van der Waals surface area contributed by atoms with Crippen molar-refractivity contribution in [1.29, 1.82) is 0 Å². The molecule has 4 rings (SSSR count). The summed E-state index contributed by atoms with van der Waals surface area (Å²) >= 11 is 0. The summed E-state index contributed by atoms with van der Waals surface area (Å²) in [6.07, 6.45) is 7.99. The van der Waals surface area contributed by atoms with Crippen LogP contribution in [0.5, 0.6) is 17.2 Å². The lowest BCUT2D eigenvalue weighted by atomic mass is 9.81. The number of hydrogen-bond acceptors (Lipinski definition) is 12.